The maximum atomic E-state index is 12.0. The van der Waals surface area contributed by atoms with Crippen LogP contribution in [-0.4, -0.2) is 45.3 Å². The van der Waals surface area contributed by atoms with Crippen molar-refractivity contribution in [1.82, 2.24) is 10.6 Å². The zero-order valence-corrected chi connectivity index (χ0v) is 12.9. The average molecular weight is 322 g/mol. The van der Waals surface area contributed by atoms with Crippen molar-refractivity contribution in [3.8, 4) is 11.5 Å². The van der Waals surface area contributed by atoms with Crippen molar-refractivity contribution < 1.29 is 28.6 Å². The molecule has 0 aliphatic carbocycles. The number of amides is 3. The number of para-hydroxylation sites is 1. The monoisotopic (exact) mass is 322 g/mol. The van der Waals surface area contributed by atoms with Crippen LogP contribution < -0.4 is 20.1 Å². The normalized spacial score (nSPS) is 9.48. The molecule has 3 amide bonds. The molecule has 0 heterocycles. The van der Waals surface area contributed by atoms with Gasteiger partial charge in [0.25, 0.3) is 5.91 Å². The number of hydrogen-bond acceptors (Lipinski definition) is 6. The van der Waals surface area contributed by atoms with Gasteiger partial charge in [-0.1, -0.05) is 12.1 Å². The molecule has 0 bridgehead atoms. The lowest BCUT2D eigenvalue weighted by molar-refractivity contribution is -0.123. The summed E-state index contributed by atoms with van der Waals surface area (Å²) in [5.74, 6) is -0.983. The van der Waals surface area contributed by atoms with E-state index in [0.717, 1.165) is 0 Å². The van der Waals surface area contributed by atoms with E-state index < -0.39 is 24.5 Å². The van der Waals surface area contributed by atoms with Gasteiger partial charge in [-0.05, 0) is 12.1 Å². The first-order chi connectivity index (χ1) is 11.0. The van der Waals surface area contributed by atoms with Crippen molar-refractivity contribution in [1.29, 1.82) is 0 Å². The number of ether oxygens (including phenoxy) is 3. The Bertz CT molecular complexity index is 600. The minimum Gasteiger partial charge on any atom is -0.493 e. The van der Waals surface area contributed by atoms with E-state index in [9.17, 15) is 14.4 Å². The molecule has 23 heavy (non-hydrogen) atoms. The molecule has 0 fully saturated rings. The van der Waals surface area contributed by atoms with E-state index >= 15 is 0 Å². The van der Waals surface area contributed by atoms with Crippen molar-refractivity contribution in [3.05, 3.63) is 36.4 Å². The zero-order chi connectivity index (χ0) is 17.2. The summed E-state index contributed by atoms with van der Waals surface area (Å²) in [6, 6.07) is 3.97. The molecule has 2 N–H and O–H groups in total. The topological polar surface area (TPSA) is 103 Å². The van der Waals surface area contributed by atoms with Crippen LogP contribution in [0.25, 0.3) is 0 Å². The molecule has 124 valence electrons. The molecule has 1 aromatic carbocycles. The molecule has 8 nitrogen and oxygen atoms in total. The van der Waals surface area contributed by atoms with Crippen LogP contribution in [0.1, 0.15) is 10.4 Å². The molecule has 1 rings (SSSR count). The van der Waals surface area contributed by atoms with Gasteiger partial charge in [0.2, 0.25) is 0 Å². The maximum Gasteiger partial charge on any atom is 0.342 e. The summed E-state index contributed by atoms with van der Waals surface area (Å²) >= 11 is 0. The maximum absolute atomic E-state index is 12.0. The molecular formula is C15H18N2O6. The number of benzene rings is 1. The van der Waals surface area contributed by atoms with Crippen LogP contribution in [0, 0.1) is 0 Å². The number of urea groups is 1. The van der Waals surface area contributed by atoms with Crippen LogP contribution in [0.5, 0.6) is 11.5 Å². The average Bonchev–Trinajstić information content (AvgIpc) is 2.56. The van der Waals surface area contributed by atoms with Crippen LogP contribution in [0.4, 0.5) is 4.79 Å². The van der Waals surface area contributed by atoms with E-state index in [1.165, 1.54) is 26.4 Å². The summed E-state index contributed by atoms with van der Waals surface area (Å²) in [6.45, 7) is 3.01. The highest BCUT2D eigenvalue weighted by molar-refractivity contribution is 5.98. The second kappa shape index (κ2) is 9.08. The highest BCUT2D eigenvalue weighted by atomic mass is 16.5. The smallest absolute Gasteiger partial charge is 0.342 e. The summed E-state index contributed by atoms with van der Waals surface area (Å²) < 4.78 is 15.0. The second-order valence-corrected chi connectivity index (χ2v) is 4.16. The second-order valence-electron chi connectivity index (χ2n) is 4.16. The Morgan fingerprint density at radius 2 is 1.96 bits per heavy atom. The van der Waals surface area contributed by atoms with Gasteiger partial charge in [-0.3, -0.25) is 10.1 Å². The van der Waals surface area contributed by atoms with Gasteiger partial charge < -0.3 is 19.5 Å². The Morgan fingerprint density at radius 1 is 1.22 bits per heavy atom. The highest BCUT2D eigenvalue weighted by Gasteiger charge is 2.19. The van der Waals surface area contributed by atoms with Gasteiger partial charge in [-0.2, -0.15) is 0 Å². The van der Waals surface area contributed by atoms with E-state index in [-0.39, 0.29) is 17.9 Å². The number of carbonyl (C=O) groups is 3. The predicted octanol–water partition coefficient (Wildman–Crippen LogP) is 0.872. The van der Waals surface area contributed by atoms with Gasteiger partial charge in [0.05, 0.1) is 14.2 Å². The van der Waals surface area contributed by atoms with Crippen LogP contribution in [-0.2, 0) is 9.53 Å². The summed E-state index contributed by atoms with van der Waals surface area (Å²) in [6.07, 6.45) is 1.46. The number of carbonyl (C=O) groups excluding carboxylic acids is 3. The lowest BCUT2D eigenvalue weighted by Crippen LogP contribution is -2.41. The van der Waals surface area contributed by atoms with Crippen LogP contribution in [0.15, 0.2) is 30.9 Å². The Hall–Kier alpha value is -3.03. The fraction of sp³-hybridized carbons (Fsp3) is 0.267. The Balaban J connectivity index is 2.62. The van der Waals surface area contributed by atoms with Gasteiger partial charge in [0, 0.05) is 6.54 Å². The predicted molar refractivity (Wildman–Crippen MR) is 81.6 cm³/mol. The summed E-state index contributed by atoms with van der Waals surface area (Å²) in [4.78, 5) is 34.7. The molecule has 0 saturated carbocycles. The zero-order valence-electron chi connectivity index (χ0n) is 12.9. The molecule has 0 atom stereocenters. The molecule has 0 aromatic heterocycles. The Kier molecular flexibility index (Phi) is 7.12. The molecule has 0 spiro atoms. The van der Waals surface area contributed by atoms with E-state index in [0.29, 0.717) is 5.75 Å². The number of methoxy groups -OCH3 is 2. The Labute approximate surface area is 133 Å². The number of hydrogen-bond donors (Lipinski definition) is 2. The van der Waals surface area contributed by atoms with E-state index in [1.807, 2.05) is 5.32 Å². The van der Waals surface area contributed by atoms with Crippen LogP contribution in [0.3, 0.4) is 0 Å². The van der Waals surface area contributed by atoms with Gasteiger partial charge in [0.1, 0.15) is 5.56 Å². The van der Waals surface area contributed by atoms with Gasteiger partial charge in [-0.15, -0.1) is 6.58 Å². The quantitative estimate of drug-likeness (QED) is 0.570. The summed E-state index contributed by atoms with van der Waals surface area (Å²) in [5.41, 5.74) is 0.107. The van der Waals surface area contributed by atoms with Crippen molar-refractivity contribution in [3.63, 3.8) is 0 Å². The molecule has 0 aliphatic rings. The third-order valence-electron chi connectivity index (χ3n) is 2.62. The number of imide groups is 1. The number of esters is 1. The van der Waals surface area contributed by atoms with E-state index in [4.69, 9.17) is 14.2 Å². The molecule has 1 aromatic rings. The number of nitrogens with one attached hydrogen (secondary N) is 2. The van der Waals surface area contributed by atoms with Crippen molar-refractivity contribution in [2.75, 3.05) is 27.4 Å². The van der Waals surface area contributed by atoms with Gasteiger partial charge in [0.15, 0.2) is 18.1 Å². The highest BCUT2D eigenvalue weighted by Crippen LogP contribution is 2.30. The first kappa shape index (κ1) is 18.0. The molecule has 0 unspecified atom stereocenters. The molecular weight excluding hydrogens is 304 g/mol. The van der Waals surface area contributed by atoms with Crippen molar-refractivity contribution in [2.45, 2.75) is 0 Å². The van der Waals surface area contributed by atoms with Gasteiger partial charge in [-0.25, -0.2) is 9.59 Å². The summed E-state index contributed by atoms with van der Waals surface area (Å²) in [5, 5.41) is 4.35. The minimum absolute atomic E-state index is 0.107. The molecule has 0 aliphatic heterocycles. The lowest BCUT2D eigenvalue weighted by Gasteiger charge is -2.12. The third kappa shape index (κ3) is 5.34. The standard InChI is InChI=1S/C15H18N2O6/c1-4-8-16-15(20)17-12(18)9-23-14(19)10-6-5-7-11(21-2)13(10)22-3/h4-7H,1,8-9H2,2-3H3,(H2,16,17,18,20). The summed E-state index contributed by atoms with van der Waals surface area (Å²) in [7, 11) is 2.81. The molecule has 8 heteroatoms. The third-order valence-corrected chi connectivity index (χ3v) is 2.62. The molecule has 0 radical (unpaired) electrons. The van der Waals surface area contributed by atoms with Crippen molar-refractivity contribution >= 4 is 17.9 Å². The lowest BCUT2D eigenvalue weighted by atomic mass is 10.2. The molecule has 0 saturated heterocycles. The van der Waals surface area contributed by atoms with E-state index in [2.05, 4.69) is 11.9 Å². The van der Waals surface area contributed by atoms with Gasteiger partial charge >= 0.3 is 12.0 Å². The van der Waals surface area contributed by atoms with Crippen LogP contribution in [0.2, 0.25) is 0 Å². The number of rotatable bonds is 7. The largest absolute Gasteiger partial charge is 0.493 e. The first-order valence-corrected chi connectivity index (χ1v) is 6.60. The first-order valence-electron chi connectivity index (χ1n) is 6.60. The van der Waals surface area contributed by atoms with Crippen molar-refractivity contribution in [2.24, 2.45) is 0 Å². The van der Waals surface area contributed by atoms with E-state index in [1.54, 1.807) is 12.1 Å². The SMILES string of the molecule is C=CCNC(=O)NC(=O)COC(=O)c1cccc(OC)c1OC. The minimum atomic E-state index is -0.776. The fourth-order valence-electron chi connectivity index (χ4n) is 1.63. The Morgan fingerprint density at radius 3 is 2.57 bits per heavy atom. The fourth-order valence-corrected chi connectivity index (χ4v) is 1.63. The van der Waals surface area contributed by atoms with Crippen LogP contribution >= 0.6 is 0 Å².